The van der Waals surface area contributed by atoms with Gasteiger partial charge in [-0.3, -0.25) is 19.5 Å². The maximum atomic E-state index is 14.7. The van der Waals surface area contributed by atoms with Crippen LogP contribution in [0.4, 0.5) is 15.8 Å². The van der Waals surface area contributed by atoms with Crippen molar-refractivity contribution < 1.29 is 9.18 Å². The smallest absolute Gasteiger partial charge is 0.166 e. The third-order valence-corrected chi connectivity index (χ3v) is 13.7. The summed E-state index contributed by atoms with van der Waals surface area (Å²) in [5.41, 5.74) is 4.68. The highest BCUT2D eigenvalue weighted by atomic mass is 35.5. The Morgan fingerprint density at radius 3 is 1.85 bits per heavy atom. The monoisotopic (exact) mass is 756 g/mol. The summed E-state index contributed by atoms with van der Waals surface area (Å²) < 4.78 is 14.7. The Morgan fingerprint density at radius 2 is 1.27 bits per heavy atom. The highest BCUT2D eigenvalue weighted by Gasteiger charge is 2.29. The minimum atomic E-state index is -0.410. The quantitative estimate of drug-likeness (QED) is 0.184. The van der Waals surface area contributed by atoms with Crippen molar-refractivity contribution in [3.05, 3.63) is 57.3 Å². The van der Waals surface area contributed by atoms with Crippen molar-refractivity contribution in [1.29, 1.82) is 0 Å². The molecule has 1 unspecified atom stereocenters. The van der Waals surface area contributed by atoms with Gasteiger partial charge in [0, 0.05) is 58.0 Å². The van der Waals surface area contributed by atoms with Crippen molar-refractivity contribution in [2.75, 3.05) is 108 Å². The van der Waals surface area contributed by atoms with Crippen LogP contribution in [0.5, 0.6) is 0 Å². The summed E-state index contributed by atoms with van der Waals surface area (Å²) >= 11 is 12.0. The molecule has 0 saturated carbocycles. The van der Waals surface area contributed by atoms with E-state index >= 15 is 0 Å². The van der Waals surface area contributed by atoms with Gasteiger partial charge in [-0.15, -0.1) is 0 Å². The molecular weight excluding hydrogens is 694 g/mol. The topological polar surface area (TPSA) is 36.5 Å². The van der Waals surface area contributed by atoms with E-state index in [2.05, 4.69) is 61.4 Å². The third-order valence-electron chi connectivity index (χ3n) is 12.9. The number of piperazine rings is 2. The summed E-state index contributed by atoms with van der Waals surface area (Å²) in [5, 5.41) is 0.280. The number of ketones is 1. The molecule has 0 aromatic heterocycles. The summed E-state index contributed by atoms with van der Waals surface area (Å²) in [5.74, 6) is 1.50. The number of benzene rings is 2. The van der Waals surface area contributed by atoms with Crippen molar-refractivity contribution in [2.45, 2.75) is 78.2 Å². The van der Waals surface area contributed by atoms with Gasteiger partial charge in [0.25, 0.3) is 0 Å². The Balaban J connectivity index is 0.817. The molecule has 2 aromatic rings. The molecule has 4 heterocycles. The Kier molecular flexibility index (Phi) is 14.6. The fourth-order valence-corrected chi connectivity index (χ4v) is 9.36. The van der Waals surface area contributed by atoms with E-state index in [1.807, 2.05) is 6.92 Å². The SMILES string of the molecule is CC(=O)C(CCCN1CCC(CCN2CCN(c3ccc(Cl)c(Cl)c3F)CC2)CC1)N1CCC(CCN2CCN(c3ccc(C)c(C)c3)CC2)CC1. The van der Waals surface area contributed by atoms with Crippen molar-refractivity contribution in [2.24, 2.45) is 11.8 Å². The van der Waals surface area contributed by atoms with Gasteiger partial charge in [0.05, 0.1) is 21.8 Å². The van der Waals surface area contributed by atoms with E-state index in [9.17, 15) is 9.18 Å². The third kappa shape index (κ3) is 10.6. The Labute approximate surface area is 323 Å². The first kappa shape index (κ1) is 39.7. The van der Waals surface area contributed by atoms with Gasteiger partial charge in [0.1, 0.15) is 5.78 Å². The molecule has 0 spiro atoms. The molecule has 4 fully saturated rings. The molecule has 4 aliphatic heterocycles. The highest BCUT2D eigenvalue weighted by Crippen LogP contribution is 2.33. The van der Waals surface area contributed by atoms with Gasteiger partial charge < -0.3 is 14.7 Å². The molecule has 2 aromatic carbocycles. The first-order valence-corrected chi connectivity index (χ1v) is 21.0. The van der Waals surface area contributed by atoms with Gasteiger partial charge in [-0.05, 0) is 165 Å². The van der Waals surface area contributed by atoms with Gasteiger partial charge in [-0.2, -0.15) is 0 Å². The van der Waals surface area contributed by atoms with Crippen molar-refractivity contribution >= 4 is 40.4 Å². The van der Waals surface area contributed by atoms with Crippen LogP contribution in [-0.4, -0.2) is 130 Å². The first-order valence-electron chi connectivity index (χ1n) is 20.3. The van der Waals surface area contributed by atoms with E-state index in [0.29, 0.717) is 11.5 Å². The molecule has 288 valence electrons. The lowest BCUT2D eigenvalue weighted by atomic mass is 9.91. The molecule has 0 radical (unpaired) electrons. The largest absolute Gasteiger partial charge is 0.369 e. The van der Waals surface area contributed by atoms with Crippen LogP contribution < -0.4 is 9.80 Å². The molecule has 0 amide bonds. The first-order chi connectivity index (χ1) is 25.1. The number of halogens is 3. The van der Waals surface area contributed by atoms with Gasteiger partial charge in [0.15, 0.2) is 5.82 Å². The Hall–Kier alpha value is -1.94. The van der Waals surface area contributed by atoms with E-state index < -0.39 is 5.82 Å². The number of anilines is 2. The lowest BCUT2D eigenvalue weighted by molar-refractivity contribution is -0.123. The second kappa shape index (κ2) is 19.1. The molecule has 10 heteroatoms. The van der Waals surface area contributed by atoms with E-state index in [0.717, 1.165) is 103 Å². The number of nitrogens with zero attached hydrogens (tertiary/aromatic N) is 6. The fourth-order valence-electron chi connectivity index (χ4n) is 9.06. The molecule has 0 bridgehead atoms. The highest BCUT2D eigenvalue weighted by molar-refractivity contribution is 6.42. The summed E-state index contributed by atoms with van der Waals surface area (Å²) in [7, 11) is 0. The number of piperidine rings is 2. The zero-order valence-electron chi connectivity index (χ0n) is 32.1. The van der Waals surface area contributed by atoms with E-state index in [4.69, 9.17) is 23.2 Å². The molecular formula is C42H63Cl2FN6O. The van der Waals surface area contributed by atoms with E-state index in [-0.39, 0.29) is 16.1 Å². The Morgan fingerprint density at radius 1 is 0.712 bits per heavy atom. The molecule has 6 rings (SSSR count). The van der Waals surface area contributed by atoms with Gasteiger partial charge in [-0.1, -0.05) is 29.3 Å². The number of carbonyl (C=O) groups is 1. The van der Waals surface area contributed by atoms with Gasteiger partial charge >= 0.3 is 0 Å². The Bertz CT molecular complexity index is 1450. The molecule has 0 aliphatic carbocycles. The molecule has 0 N–H and O–H groups in total. The molecule has 52 heavy (non-hydrogen) atoms. The maximum absolute atomic E-state index is 14.7. The summed E-state index contributed by atoms with van der Waals surface area (Å²) in [4.78, 5) is 27.7. The van der Waals surface area contributed by atoms with Crippen LogP contribution in [-0.2, 0) is 4.79 Å². The minimum absolute atomic E-state index is 0.0164. The summed E-state index contributed by atoms with van der Waals surface area (Å²) in [6.45, 7) is 22.2. The number of likely N-dealkylation sites (tertiary alicyclic amines) is 2. The average molecular weight is 758 g/mol. The second-order valence-corrected chi connectivity index (χ2v) is 17.0. The number of hydrogen-bond donors (Lipinski definition) is 0. The molecule has 7 nitrogen and oxygen atoms in total. The minimum Gasteiger partial charge on any atom is -0.369 e. The normalized spacial score (nSPS) is 21.6. The zero-order chi connectivity index (χ0) is 36.6. The maximum Gasteiger partial charge on any atom is 0.166 e. The molecule has 4 aliphatic rings. The summed E-state index contributed by atoms with van der Waals surface area (Å²) in [6, 6.07) is 10.4. The predicted octanol–water partition coefficient (Wildman–Crippen LogP) is 7.64. The number of aryl methyl sites for hydroxylation is 2. The van der Waals surface area contributed by atoms with Crippen LogP contribution >= 0.6 is 23.2 Å². The van der Waals surface area contributed by atoms with Crippen LogP contribution in [0.1, 0.15) is 69.4 Å². The average Bonchev–Trinajstić information content (AvgIpc) is 3.16. The van der Waals surface area contributed by atoms with Crippen molar-refractivity contribution in [1.82, 2.24) is 19.6 Å². The lowest BCUT2D eigenvalue weighted by Gasteiger charge is -2.39. The number of hydrogen-bond acceptors (Lipinski definition) is 7. The standard InChI is InChI=1S/C42H63Cl2FN6O/c1-32-6-7-37(31-33(32)2)49-27-23-47(24-28-49)20-13-36-14-21-50(22-15-36)39(34(3)52)5-4-16-46-17-10-35(11-18-46)12-19-48-25-29-51(30-26-48)40-9-8-38(43)41(44)42(40)45/h6-9,31,35-36,39H,4-5,10-30H2,1-3H3. The van der Waals surface area contributed by atoms with Crippen LogP contribution in [0.25, 0.3) is 0 Å². The number of carbonyl (C=O) groups excluding carboxylic acids is 1. The van der Waals surface area contributed by atoms with Crippen molar-refractivity contribution in [3.63, 3.8) is 0 Å². The molecule has 1 atom stereocenters. The van der Waals surface area contributed by atoms with Gasteiger partial charge in [-0.25, -0.2) is 4.39 Å². The summed E-state index contributed by atoms with van der Waals surface area (Å²) in [6.07, 6.45) is 9.60. The van der Waals surface area contributed by atoms with Crippen LogP contribution in [0.15, 0.2) is 30.3 Å². The molecule has 4 saturated heterocycles. The van der Waals surface area contributed by atoms with Crippen molar-refractivity contribution in [3.8, 4) is 0 Å². The van der Waals surface area contributed by atoms with E-state index in [1.165, 1.54) is 75.0 Å². The van der Waals surface area contributed by atoms with Crippen LogP contribution in [0, 0.1) is 31.5 Å². The lowest BCUT2D eigenvalue weighted by Crippen LogP contribution is -2.48. The number of Topliss-reactive ketones (excluding diaryl/α,β-unsaturated/α-hetero) is 1. The predicted molar refractivity (Wildman–Crippen MR) is 216 cm³/mol. The number of rotatable bonds is 14. The van der Waals surface area contributed by atoms with E-state index in [1.54, 1.807) is 12.1 Å². The van der Waals surface area contributed by atoms with Crippen LogP contribution in [0.3, 0.4) is 0 Å². The zero-order valence-corrected chi connectivity index (χ0v) is 33.6. The van der Waals surface area contributed by atoms with Gasteiger partial charge in [0.2, 0.25) is 0 Å². The second-order valence-electron chi connectivity index (χ2n) is 16.2. The van der Waals surface area contributed by atoms with Crippen LogP contribution in [0.2, 0.25) is 10.0 Å². The fraction of sp³-hybridized carbons (Fsp3) is 0.690.